The molecule has 2 rings (SSSR count). The molecule has 1 aliphatic carbocycles. The monoisotopic (exact) mass is 284 g/mol. The van der Waals surface area contributed by atoms with Crippen molar-refractivity contribution in [1.29, 1.82) is 0 Å². The lowest BCUT2D eigenvalue weighted by Crippen LogP contribution is -2.59. The van der Waals surface area contributed by atoms with Gasteiger partial charge in [-0.15, -0.1) is 0 Å². The molecule has 2 fully saturated rings. The van der Waals surface area contributed by atoms with E-state index >= 15 is 0 Å². The van der Waals surface area contributed by atoms with Crippen molar-refractivity contribution in [2.24, 2.45) is 5.92 Å². The molecule has 4 atom stereocenters. The Morgan fingerprint density at radius 1 is 1.32 bits per heavy atom. The van der Waals surface area contributed by atoms with Gasteiger partial charge in [-0.05, 0) is 37.9 Å². The van der Waals surface area contributed by atoms with Crippen molar-refractivity contribution in [3.8, 4) is 0 Å². The number of nitrogens with zero attached hydrogens (tertiary/aromatic N) is 1. The second-order valence-corrected chi connectivity index (χ2v) is 8.29. The minimum Gasteiger partial charge on any atom is -0.311 e. The smallest absolute Gasteiger partial charge is 0.0218 e. The van der Waals surface area contributed by atoms with Gasteiger partial charge in [0.15, 0.2) is 0 Å². The Morgan fingerprint density at radius 3 is 2.79 bits per heavy atom. The van der Waals surface area contributed by atoms with Crippen LogP contribution in [0.1, 0.15) is 53.4 Å². The molecule has 4 unspecified atom stereocenters. The van der Waals surface area contributed by atoms with E-state index in [-0.39, 0.29) is 0 Å². The van der Waals surface area contributed by atoms with Gasteiger partial charge in [0.2, 0.25) is 0 Å². The zero-order valence-electron chi connectivity index (χ0n) is 13.2. The summed E-state index contributed by atoms with van der Waals surface area (Å²) in [6.45, 7) is 11.8. The van der Waals surface area contributed by atoms with Gasteiger partial charge in [0.05, 0.1) is 0 Å². The van der Waals surface area contributed by atoms with Gasteiger partial charge in [-0.2, -0.15) is 11.8 Å². The highest BCUT2D eigenvalue weighted by Crippen LogP contribution is 2.35. The number of rotatable bonds is 5. The van der Waals surface area contributed by atoms with Crippen LogP contribution in [0.15, 0.2) is 0 Å². The summed E-state index contributed by atoms with van der Waals surface area (Å²) in [6.07, 6.45) is 5.63. The molecule has 1 heterocycles. The van der Waals surface area contributed by atoms with Gasteiger partial charge in [0.1, 0.15) is 0 Å². The summed E-state index contributed by atoms with van der Waals surface area (Å²) in [5, 5.41) is 4.65. The molecule has 0 bridgehead atoms. The topological polar surface area (TPSA) is 15.3 Å². The third-order valence-corrected chi connectivity index (χ3v) is 5.99. The minimum atomic E-state index is 0.712. The molecule has 112 valence electrons. The predicted molar refractivity (Wildman–Crippen MR) is 87.0 cm³/mol. The van der Waals surface area contributed by atoms with Crippen molar-refractivity contribution in [1.82, 2.24) is 10.2 Å². The highest BCUT2D eigenvalue weighted by Gasteiger charge is 2.37. The number of piperazine rings is 1. The fraction of sp³-hybridized carbons (Fsp3) is 1.00. The van der Waals surface area contributed by atoms with Crippen LogP contribution in [0.4, 0.5) is 0 Å². The van der Waals surface area contributed by atoms with Crippen LogP contribution < -0.4 is 5.32 Å². The van der Waals surface area contributed by atoms with Gasteiger partial charge in [-0.3, -0.25) is 4.90 Å². The molecule has 1 saturated heterocycles. The van der Waals surface area contributed by atoms with E-state index in [1.165, 1.54) is 44.5 Å². The van der Waals surface area contributed by atoms with Crippen molar-refractivity contribution in [3.05, 3.63) is 0 Å². The largest absolute Gasteiger partial charge is 0.311 e. The normalized spacial score (nSPS) is 37.1. The Balaban J connectivity index is 1.95. The second-order valence-electron chi connectivity index (χ2n) is 6.77. The van der Waals surface area contributed by atoms with Crippen LogP contribution in [0.25, 0.3) is 0 Å². The first kappa shape index (κ1) is 15.7. The summed E-state index contributed by atoms with van der Waals surface area (Å²) >= 11 is 2.20. The molecule has 0 radical (unpaired) electrons. The predicted octanol–water partition coefficient (Wildman–Crippen LogP) is 3.37. The summed E-state index contributed by atoms with van der Waals surface area (Å²) in [7, 11) is 0. The van der Waals surface area contributed by atoms with Gasteiger partial charge in [-0.1, -0.05) is 27.2 Å². The molecule has 1 N–H and O–H groups in total. The third-order valence-electron chi connectivity index (χ3n) is 4.68. The van der Waals surface area contributed by atoms with E-state index in [4.69, 9.17) is 0 Å². The fourth-order valence-electron chi connectivity index (χ4n) is 3.84. The summed E-state index contributed by atoms with van der Waals surface area (Å²) in [4.78, 5) is 2.84. The van der Waals surface area contributed by atoms with Crippen LogP contribution in [-0.4, -0.2) is 47.1 Å². The lowest BCUT2D eigenvalue weighted by atomic mass is 9.98. The highest BCUT2D eigenvalue weighted by atomic mass is 32.2. The van der Waals surface area contributed by atoms with Crippen molar-refractivity contribution in [2.75, 3.05) is 18.8 Å². The Hall–Kier alpha value is 0.270. The quantitative estimate of drug-likeness (QED) is 0.833. The van der Waals surface area contributed by atoms with E-state index in [1.54, 1.807) is 0 Å². The average Bonchev–Trinajstić information content (AvgIpc) is 2.80. The number of thioether (sulfide) groups is 1. The molecule has 1 saturated carbocycles. The highest BCUT2D eigenvalue weighted by molar-refractivity contribution is 7.99. The molecule has 0 aromatic rings. The SMILES string of the molecule is CCSC1CCCC1N1CC(CC(C)C)NCC1C. The maximum atomic E-state index is 3.75. The van der Waals surface area contributed by atoms with E-state index in [1.807, 2.05) is 0 Å². The first-order valence-electron chi connectivity index (χ1n) is 8.22. The zero-order valence-corrected chi connectivity index (χ0v) is 14.0. The maximum absolute atomic E-state index is 3.75. The Kier molecular flexibility index (Phi) is 6.04. The van der Waals surface area contributed by atoms with E-state index in [9.17, 15) is 0 Å². The fourth-order valence-corrected chi connectivity index (χ4v) is 5.11. The minimum absolute atomic E-state index is 0.712. The van der Waals surface area contributed by atoms with Crippen LogP contribution in [0.5, 0.6) is 0 Å². The molecule has 0 amide bonds. The molecule has 1 aliphatic heterocycles. The molecule has 19 heavy (non-hydrogen) atoms. The van der Waals surface area contributed by atoms with Crippen LogP contribution in [0.3, 0.4) is 0 Å². The molecular formula is C16H32N2S. The van der Waals surface area contributed by atoms with Gasteiger partial charge in [0, 0.05) is 36.5 Å². The van der Waals surface area contributed by atoms with Gasteiger partial charge >= 0.3 is 0 Å². The first-order valence-corrected chi connectivity index (χ1v) is 9.27. The number of nitrogens with one attached hydrogen (secondary N) is 1. The lowest BCUT2D eigenvalue weighted by Gasteiger charge is -2.44. The van der Waals surface area contributed by atoms with Crippen molar-refractivity contribution >= 4 is 11.8 Å². The summed E-state index contributed by atoms with van der Waals surface area (Å²) in [6, 6.07) is 2.27. The standard InChI is InChI=1S/C16H32N2S/c1-5-19-16-8-6-7-15(16)18-11-14(9-12(2)3)17-10-13(18)4/h12-17H,5-11H2,1-4H3. The van der Waals surface area contributed by atoms with Gasteiger partial charge < -0.3 is 5.32 Å². The van der Waals surface area contributed by atoms with Gasteiger partial charge in [-0.25, -0.2) is 0 Å². The second kappa shape index (κ2) is 7.33. The van der Waals surface area contributed by atoms with E-state index in [0.717, 1.165) is 17.2 Å². The Labute approximate surface area is 124 Å². The van der Waals surface area contributed by atoms with Crippen LogP contribution >= 0.6 is 11.8 Å². The van der Waals surface area contributed by atoms with Crippen LogP contribution in [0.2, 0.25) is 0 Å². The molecule has 2 aliphatic rings. The summed E-state index contributed by atoms with van der Waals surface area (Å²) < 4.78 is 0. The molecular weight excluding hydrogens is 252 g/mol. The first-order chi connectivity index (χ1) is 9.11. The van der Waals surface area contributed by atoms with Crippen molar-refractivity contribution in [2.45, 2.75) is 76.8 Å². The average molecular weight is 285 g/mol. The third kappa shape index (κ3) is 4.12. The van der Waals surface area contributed by atoms with E-state index < -0.39 is 0 Å². The summed E-state index contributed by atoms with van der Waals surface area (Å²) in [5.41, 5.74) is 0. The van der Waals surface area contributed by atoms with Crippen LogP contribution in [-0.2, 0) is 0 Å². The molecule has 2 nitrogen and oxygen atoms in total. The lowest BCUT2D eigenvalue weighted by molar-refractivity contribution is 0.0893. The number of hydrogen-bond donors (Lipinski definition) is 1. The molecule has 0 aromatic heterocycles. The van der Waals surface area contributed by atoms with Gasteiger partial charge in [0.25, 0.3) is 0 Å². The zero-order chi connectivity index (χ0) is 13.8. The molecule has 0 aromatic carbocycles. The van der Waals surface area contributed by atoms with E-state index in [2.05, 4.69) is 49.7 Å². The Bertz CT molecular complexity index is 269. The van der Waals surface area contributed by atoms with Crippen LogP contribution in [0, 0.1) is 5.92 Å². The van der Waals surface area contributed by atoms with Crippen molar-refractivity contribution < 1.29 is 0 Å². The summed E-state index contributed by atoms with van der Waals surface area (Å²) in [5.74, 6) is 2.08. The maximum Gasteiger partial charge on any atom is 0.0218 e. The van der Waals surface area contributed by atoms with E-state index in [0.29, 0.717) is 12.1 Å². The molecule has 3 heteroatoms. The molecule has 0 spiro atoms. The van der Waals surface area contributed by atoms with Crippen molar-refractivity contribution in [3.63, 3.8) is 0 Å². The Morgan fingerprint density at radius 2 is 2.11 bits per heavy atom. The number of hydrogen-bond acceptors (Lipinski definition) is 3.